The smallest absolute Gasteiger partial charge is 0.348 e. The molecule has 0 atom stereocenters. The summed E-state index contributed by atoms with van der Waals surface area (Å²) < 4.78 is 5.12. The summed E-state index contributed by atoms with van der Waals surface area (Å²) in [6.45, 7) is 2.18. The summed E-state index contributed by atoms with van der Waals surface area (Å²) in [6.07, 6.45) is 3.54. The van der Waals surface area contributed by atoms with Crippen LogP contribution in [0.3, 0.4) is 0 Å². The zero-order valence-corrected chi connectivity index (χ0v) is 19.4. The maximum atomic E-state index is 12.0. The van der Waals surface area contributed by atoms with Crippen molar-refractivity contribution in [3.63, 3.8) is 0 Å². The zero-order chi connectivity index (χ0) is 22.6. The van der Waals surface area contributed by atoms with Gasteiger partial charge >= 0.3 is 5.97 Å². The molecule has 162 valence electrons. The van der Waals surface area contributed by atoms with Gasteiger partial charge in [0.2, 0.25) is 0 Å². The Labute approximate surface area is 199 Å². The van der Waals surface area contributed by atoms with Crippen molar-refractivity contribution < 1.29 is 9.53 Å². The first-order valence-electron chi connectivity index (χ1n) is 10.4. The van der Waals surface area contributed by atoms with Gasteiger partial charge in [-0.2, -0.15) is 0 Å². The Kier molecular flexibility index (Phi) is 6.06. The summed E-state index contributed by atoms with van der Waals surface area (Å²) in [5.41, 5.74) is 4.26. The SMILES string of the molecule is CCOC(=O)c1ccc(-c2ccc(-c3cc(-c4ccccn4)nc(-c4ccccn4)c3)s2)s1. The molecule has 0 aliphatic rings. The Bertz CT molecular complexity index is 1340. The van der Waals surface area contributed by atoms with Crippen LogP contribution in [0.2, 0.25) is 0 Å². The van der Waals surface area contributed by atoms with E-state index in [1.807, 2.05) is 55.5 Å². The maximum Gasteiger partial charge on any atom is 0.348 e. The second kappa shape index (κ2) is 9.44. The van der Waals surface area contributed by atoms with Gasteiger partial charge in [-0.25, -0.2) is 9.78 Å². The largest absolute Gasteiger partial charge is 0.462 e. The van der Waals surface area contributed by atoms with E-state index in [-0.39, 0.29) is 5.97 Å². The highest BCUT2D eigenvalue weighted by Gasteiger charge is 2.15. The number of carbonyl (C=O) groups excluding carboxylic acids is 1. The molecule has 0 aliphatic carbocycles. The third-order valence-electron chi connectivity index (χ3n) is 4.90. The maximum absolute atomic E-state index is 12.0. The van der Waals surface area contributed by atoms with E-state index in [4.69, 9.17) is 9.72 Å². The standard InChI is InChI=1S/C26H19N3O2S2/c1-2-31-26(30)25-12-11-24(33-25)23-10-9-22(32-23)17-15-20(18-7-3-5-13-27-18)29-21(16-17)19-8-4-6-14-28-19/h3-16H,2H2,1H3. The topological polar surface area (TPSA) is 65.0 Å². The van der Waals surface area contributed by atoms with Crippen LogP contribution in [0.1, 0.15) is 16.6 Å². The van der Waals surface area contributed by atoms with E-state index in [9.17, 15) is 4.79 Å². The number of esters is 1. The highest BCUT2D eigenvalue weighted by atomic mass is 32.1. The zero-order valence-electron chi connectivity index (χ0n) is 17.8. The lowest BCUT2D eigenvalue weighted by molar-refractivity contribution is 0.0532. The van der Waals surface area contributed by atoms with Gasteiger partial charge in [0.1, 0.15) is 4.88 Å². The van der Waals surface area contributed by atoms with E-state index in [0.29, 0.717) is 11.5 Å². The average Bonchev–Trinajstić information content (AvgIpc) is 3.55. The molecule has 7 heteroatoms. The number of thiophene rings is 2. The first-order valence-corrected chi connectivity index (χ1v) is 12.1. The van der Waals surface area contributed by atoms with Crippen LogP contribution in [0.5, 0.6) is 0 Å². The van der Waals surface area contributed by atoms with Gasteiger partial charge in [-0.3, -0.25) is 9.97 Å². The summed E-state index contributed by atoms with van der Waals surface area (Å²) in [7, 11) is 0. The fourth-order valence-electron chi connectivity index (χ4n) is 3.37. The molecule has 5 rings (SSSR count). The number of hydrogen-bond donors (Lipinski definition) is 0. The molecule has 5 aromatic heterocycles. The van der Waals surface area contributed by atoms with Crippen molar-refractivity contribution in [3.8, 4) is 43.0 Å². The van der Waals surface area contributed by atoms with Crippen LogP contribution in [0, 0.1) is 0 Å². The molecule has 0 aliphatic heterocycles. The molecular weight excluding hydrogens is 450 g/mol. The molecule has 0 amide bonds. The molecule has 0 radical (unpaired) electrons. The van der Waals surface area contributed by atoms with Gasteiger partial charge in [0.25, 0.3) is 0 Å². The number of pyridine rings is 3. The van der Waals surface area contributed by atoms with Crippen LogP contribution in [-0.4, -0.2) is 27.5 Å². The van der Waals surface area contributed by atoms with Crippen molar-refractivity contribution in [3.05, 3.63) is 90.1 Å². The molecule has 0 bridgehead atoms. The average molecular weight is 470 g/mol. The minimum Gasteiger partial charge on any atom is -0.462 e. The quantitative estimate of drug-likeness (QED) is 0.255. The van der Waals surface area contributed by atoms with E-state index >= 15 is 0 Å². The molecule has 0 spiro atoms. The Balaban J connectivity index is 1.54. The van der Waals surface area contributed by atoms with Crippen LogP contribution in [0.25, 0.3) is 43.0 Å². The lowest BCUT2D eigenvalue weighted by atomic mass is 10.1. The van der Waals surface area contributed by atoms with Crippen LogP contribution in [0.15, 0.2) is 85.2 Å². The van der Waals surface area contributed by atoms with Crippen LogP contribution >= 0.6 is 22.7 Å². The lowest BCUT2D eigenvalue weighted by Crippen LogP contribution is -2.01. The normalized spacial score (nSPS) is 10.8. The molecule has 33 heavy (non-hydrogen) atoms. The first kappa shape index (κ1) is 21.2. The summed E-state index contributed by atoms with van der Waals surface area (Å²) in [4.78, 5) is 29.7. The predicted octanol–water partition coefficient (Wildman–Crippen LogP) is 6.84. The van der Waals surface area contributed by atoms with Crippen molar-refractivity contribution in [2.75, 3.05) is 6.61 Å². The van der Waals surface area contributed by atoms with E-state index < -0.39 is 0 Å². The summed E-state index contributed by atoms with van der Waals surface area (Å²) in [6, 6.07) is 23.7. The van der Waals surface area contributed by atoms with Crippen LogP contribution in [-0.2, 0) is 4.74 Å². The summed E-state index contributed by atoms with van der Waals surface area (Å²) >= 11 is 3.12. The van der Waals surface area contributed by atoms with Gasteiger partial charge in [-0.05, 0) is 73.2 Å². The molecule has 5 heterocycles. The van der Waals surface area contributed by atoms with E-state index in [0.717, 1.165) is 43.0 Å². The van der Waals surface area contributed by atoms with Crippen molar-refractivity contribution in [2.24, 2.45) is 0 Å². The summed E-state index contributed by atoms with van der Waals surface area (Å²) in [5, 5.41) is 0. The third kappa shape index (κ3) is 4.60. The molecular formula is C26H19N3O2S2. The third-order valence-corrected chi connectivity index (χ3v) is 7.29. The molecule has 5 aromatic rings. The Morgan fingerprint density at radius 3 is 1.97 bits per heavy atom. The van der Waals surface area contributed by atoms with Crippen molar-refractivity contribution in [1.82, 2.24) is 15.0 Å². The predicted molar refractivity (Wildman–Crippen MR) is 133 cm³/mol. The molecule has 0 aromatic carbocycles. The van der Waals surface area contributed by atoms with Crippen molar-refractivity contribution in [1.29, 1.82) is 0 Å². The summed E-state index contributed by atoms with van der Waals surface area (Å²) in [5.74, 6) is -0.278. The molecule has 0 saturated carbocycles. The minimum atomic E-state index is -0.278. The molecule has 0 N–H and O–H groups in total. The molecule has 0 unspecified atom stereocenters. The van der Waals surface area contributed by atoms with Gasteiger partial charge in [-0.1, -0.05) is 12.1 Å². The first-order chi connectivity index (χ1) is 16.2. The minimum absolute atomic E-state index is 0.278. The number of nitrogens with zero attached hydrogens (tertiary/aromatic N) is 3. The Hall–Kier alpha value is -3.68. The van der Waals surface area contributed by atoms with Gasteiger partial charge in [-0.15, -0.1) is 22.7 Å². The fraction of sp³-hybridized carbons (Fsp3) is 0.0769. The Morgan fingerprint density at radius 1 is 0.758 bits per heavy atom. The number of carbonyl (C=O) groups is 1. The number of ether oxygens (including phenoxy) is 1. The van der Waals surface area contributed by atoms with Crippen LogP contribution in [0.4, 0.5) is 0 Å². The number of aromatic nitrogens is 3. The highest BCUT2D eigenvalue weighted by Crippen LogP contribution is 2.39. The second-order valence-corrected chi connectivity index (χ2v) is 9.27. The second-order valence-electron chi connectivity index (χ2n) is 7.10. The molecule has 5 nitrogen and oxygen atoms in total. The highest BCUT2D eigenvalue weighted by molar-refractivity contribution is 7.24. The van der Waals surface area contributed by atoms with E-state index in [1.165, 1.54) is 11.3 Å². The van der Waals surface area contributed by atoms with E-state index in [1.54, 1.807) is 23.7 Å². The number of hydrogen-bond acceptors (Lipinski definition) is 7. The van der Waals surface area contributed by atoms with Gasteiger partial charge < -0.3 is 4.74 Å². The van der Waals surface area contributed by atoms with Gasteiger partial charge in [0.05, 0.1) is 29.4 Å². The Morgan fingerprint density at radius 2 is 1.36 bits per heavy atom. The van der Waals surface area contributed by atoms with E-state index in [2.05, 4.69) is 34.2 Å². The van der Waals surface area contributed by atoms with Crippen molar-refractivity contribution >= 4 is 28.6 Å². The van der Waals surface area contributed by atoms with Crippen molar-refractivity contribution in [2.45, 2.75) is 6.92 Å². The number of rotatable bonds is 6. The molecule has 0 saturated heterocycles. The van der Waals surface area contributed by atoms with Crippen LogP contribution < -0.4 is 0 Å². The van der Waals surface area contributed by atoms with Gasteiger partial charge in [0.15, 0.2) is 0 Å². The van der Waals surface area contributed by atoms with Gasteiger partial charge in [0, 0.05) is 27.0 Å². The monoisotopic (exact) mass is 469 g/mol. The lowest BCUT2D eigenvalue weighted by Gasteiger charge is -2.08. The molecule has 0 fully saturated rings. The fourth-order valence-corrected chi connectivity index (χ4v) is 5.35.